The molecule has 26 heavy (non-hydrogen) atoms. The van der Waals surface area contributed by atoms with E-state index in [1.807, 2.05) is 40.9 Å². The third kappa shape index (κ3) is 3.88. The second kappa shape index (κ2) is 7.71. The quantitative estimate of drug-likeness (QED) is 0.647. The van der Waals surface area contributed by atoms with Gasteiger partial charge in [0.2, 0.25) is 5.91 Å². The van der Waals surface area contributed by atoms with Crippen molar-refractivity contribution >= 4 is 17.7 Å². The summed E-state index contributed by atoms with van der Waals surface area (Å²) in [6, 6.07) is 20.9. The van der Waals surface area contributed by atoms with E-state index in [1.165, 1.54) is 5.56 Å². The van der Waals surface area contributed by atoms with Crippen LogP contribution >= 0.6 is 11.8 Å². The van der Waals surface area contributed by atoms with Crippen LogP contribution in [0.1, 0.15) is 31.9 Å². The van der Waals surface area contributed by atoms with Crippen molar-refractivity contribution in [1.82, 2.24) is 4.90 Å². The lowest BCUT2D eigenvalue weighted by Crippen LogP contribution is -2.47. The standard InChI is InChI=1S/C23H27NOS/c1-17-18(2)22(25)24(15-19-11-7-5-8-12-19)21(17)23(3,4)26-16-20-13-9-6-10-14-20/h5-14,17,21H,2,15-16H2,1,3-4H3. The van der Waals surface area contributed by atoms with Gasteiger partial charge in [-0.15, -0.1) is 11.8 Å². The summed E-state index contributed by atoms with van der Waals surface area (Å²) in [4.78, 5) is 14.9. The number of amides is 1. The van der Waals surface area contributed by atoms with E-state index >= 15 is 0 Å². The van der Waals surface area contributed by atoms with Gasteiger partial charge in [-0.25, -0.2) is 0 Å². The Morgan fingerprint density at radius 2 is 1.54 bits per heavy atom. The van der Waals surface area contributed by atoms with Crippen molar-refractivity contribution in [3.8, 4) is 0 Å². The van der Waals surface area contributed by atoms with Crippen molar-refractivity contribution in [3.05, 3.63) is 83.9 Å². The number of hydrogen-bond acceptors (Lipinski definition) is 2. The minimum absolute atomic E-state index is 0.0703. The van der Waals surface area contributed by atoms with Crippen molar-refractivity contribution in [3.63, 3.8) is 0 Å². The Bertz CT molecular complexity index is 769. The highest BCUT2D eigenvalue weighted by molar-refractivity contribution is 7.99. The van der Waals surface area contributed by atoms with Crippen molar-refractivity contribution in [2.45, 2.75) is 43.9 Å². The molecule has 2 aromatic carbocycles. The van der Waals surface area contributed by atoms with Crippen LogP contribution in [-0.2, 0) is 17.1 Å². The van der Waals surface area contributed by atoms with Crippen molar-refractivity contribution in [2.75, 3.05) is 0 Å². The third-order valence-corrected chi connectivity index (χ3v) is 6.72. The Morgan fingerprint density at radius 3 is 2.12 bits per heavy atom. The van der Waals surface area contributed by atoms with Crippen LogP contribution in [0, 0.1) is 5.92 Å². The number of benzene rings is 2. The molecule has 3 rings (SSSR count). The maximum atomic E-state index is 12.9. The van der Waals surface area contributed by atoms with Crippen LogP contribution in [0.2, 0.25) is 0 Å². The van der Waals surface area contributed by atoms with E-state index in [0.717, 1.165) is 16.9 Å². The van der Waals surface area contributed by atoms with Crippen LogP contribution < -0.4 is 0 Å². The summed E-state index contributed by atoms with van der Waals surface area (Å²) < 4.78 is -0.0703. The largest absolute Gasteiger partial charge is 0.330 e. The van der Waals surface area contributed by atoms with Crippen molar-refractivity contribution in [2.24, 2.45) is 5.92 Å². The van der Waals surface area contributed by atoms with Gasteiger partial charge < -0.3 is 4.90 Å². The van der Waals surface area contributed by atoms with E-state index in [0.29, 0.717) is 6.54 Å². The Hall–Kier alpha value is -2.00. The molecule has 136 valence electrons. The van der Waals surface area contributed by atoms with Gasteiger partial charge in [0.1, 0.15) is 0 Å². The normalized spacial score (nSPS) is 20.7. The van der Waals surface area contributed by atoms with Crippen LogP contribution in [0.5, 0.6) is 0 Å². The van der Waals surface area contributed by atoms with Crippen LogP contribution in [-0.4, -0.2) is 21.6 Å². The predicted molar refractivity (Wildman–Crippen MR) is 111 cm³/mol. The van der Waals surface area contributed by atoms with Gasteiger partial charge in [0.15, 0.2) is 0 Å². The van der Waals surface area contributed by atoms with Crippen LogP contribution in [0.15, 0.2) is 72.8 Å². The molecule has 0 N–H and O–H groups in total. The highest BCUT2D eigenvalue weighted by atomic mass is 32.2. The van der Waals surface area contributed by atoms with Crippen molar-refractivity contribution < 1.29 is 4.79 Å². The van der Waals surface area contributed by atoms with Gasteiger partial charge >= 0.3 is 0 Å². The SMILES string of the molecule is C=C1C(=O)N(Cc2ccccc2)C(C(C)(C)SCc2ccccc2)C1C. The van der Waals surface area contributed by atoms with E-state index in [-0.39, 0.29) is 22.6 Å². The lowest BCUT2D eigenvalue weighted by Gasteiger charge is -2.39. The minimum atomic E-state index is -0.0703. The molecule has 0 saturated carbocycles. The molecule has 3 heteroatoms. The van der Waals surface area contributed by atoms with Crippen LogP contribution in [0.25, 0.3) is 0 Å². The van der Waals surface area contributed by atoms with Gasteiger partial charge in [0.05, 0.1) is 6.04 Å². The molecular formula is C23H27NOS. The molecule has 2 nitrogen and oxygen atoms in total. The second-order valence-corrected chi connectivity index (χ2v) is 9.18. The Kier molecular flexibility index (Phi) is 5.57. The van der Waals surface area contributed by atoms with Gasteiger partial charge in [-0.1, -0.05) is 74.2 Å². The molecule has 1 amide bonds. The van der Waals surface area contributed by atoms with Gasteiger partial charge in [-0.2, -0.15) is 0 Å². The highest BCUT2D eigenvalue weighted by Gasteiger charge is 2.48. The van der Waals surface area contributed by atoms with Crippen LogP contribution in [0.3, 0.4) is 0 Å². The molecule has 2 aromatic rings. The summed E-state index contributed by atoms with van der Waals surface area (Å²) in [6.07, 6.45) is 0. The molecular weight excluding hydrogens is 338 g/mol. The first-order valence-corrected chi connectivity index (χ1v) is 10.1. The number of likely N-dealkylation sites (tertiary alicyclic amines) is 1. The van der Waals surface area contributed by atoms with E-state index < -0.39 is 0 Å². The topological polar surface area (TPSA) is 20.3 Å². The number of hydrogen-bond donors (Lipinski definition) is 0. The minimum Gasteiger partial charge on any atom is -0.330 e. The molecule has 1 aliphatic rings. The first kappa shape index (κ1) is 18.8. The summed E-state index contributed by atoms with van der Waals surface area (Å²) in [5.41, 5.74) is 3.21. The molecule has 2 atom stereocenters. The van der Waals surface area contributed by atoms with E-state index in [2.05, 4.69) is 63.7 Å². The molecule has 0 aromatic heterocycles. The Labute approximate surface area is 161 Å². The molecule has 0 radical (unpaired) electrons. The number of thioether (sulfide) groups is 1. The summed E-state index contributed by atoms with van der Waals surface area (Å²) in [7, 11) is 0. The molecule has 0 bridgehead atoms. The van der Waals surface area contributed by atoms with E-state index in [1.54, 1.807) is 0 Å². The molecule has 0 spiro atoms. The Balaban J connectivity index is 1.81. The average molecular weight is 366 g/mol. The lowest BCUT2D eigenvalue weighted by molar-refractivity contribution is -0.127. The predicted octanol–water partition coefficient (Wildman–Crippen LogP) is 5.30. The first-order valence-electron chi connectivity index (χ1n) is 9.12. The number of rotatable bonds is 6. The van der Waals surface area contributed by atoms with Gasteiger partial charge in [-0.3, -0.25) is 4.79 Å². The zero-order chi connectivity index (χ0) is 18.7. The second-order valence-electron chi connectivity index (χ2n) is 7.56. The number of carbonyl (C=O) groups is 1. The molecule has 1 saturated heterocycles. The Morgan fingerprint density at radius 1 is 1.00 bits per heavy atom. The molecule has 1 fully saturated rings. The van der Waals surface area contributed by atoms with E-state index in [9.17, 15) is 4.79 Å². The summed E-state index contributed by atoms with van der Waals surface area (Å²) in [5, 5.41) is 0. The zero-order valence-corrected chi connectivity index (χ0v) is 16.6. The fraction of sp³-hybridized carbons (Fsp3) is 0.348. The fourth-order valence-electron chi connectivity index (χ4n) is 3.82. The summed E-state index contributed by atoms with van der Waals surface area (Å²) in [6.45, 7) is 11.4. The van der Waals surface area contributed by atoms with Crippen LogP contribution in [0.4, 0.5) is 0 Å². The first-order chi connectivity index (χ1) is 12.4. The third-order valence-electron chi connectivity index (χ3n) is 5.26. The molecule has 1 heterocycles. The van der Waals surface area contributed by atoms with Gasteiger partial charge in [0, 0.05) is 28.5 Å². The average Bonchev–Trinajstić information content (AvgIpc) is 2.86. The maximum Gasteiger partial charge on any atom is 0.250 e. The van der Waals surface area contributed by atoms with Crippen molar-refractivity contribution in [1.29, 1.82) is 0 Å². The fourth-order valence-corrected chi connectivity index (χ4v) is 5.06. The zero-order valence-electron chi connectivity index (χ0n) is 15.8. The smallest absolute Gasteiger partial charge is 0.250 e. The maximum absolute atomic E-state index is 12.9. The van der Waals surface area contributed by atoms with E-state index in [4.69, 9.17) is 0 Å². The summed E-state index contributed by atoms with van der Waals surface area (Å²) >= 11 is 1.92. The molecule has 1 aliphatic heterocycles. The lowest BCUT2D eigenvalue weighted by atomic mass is 9.90. The monoisotopic (exact) mass is 365 g/mol. The number of carbonyl (C=O) groups excluding carboxylic acids is 1. The summed E-state index contributed by atoms with van der Waals surface area (Å²) in [5.74, 6) is 1.20. The van der Waals surface area contributed by atoms with Gasteiger partial charge in [0.25, 0.3) is 0 Å². The number of nitrogens with zero attached hydrogens (tertiary/aromatic N) is 1. The van der Waals surface area contributed by atoms with Gasteiger partial charge in [-0.05, 0) is 25.0 Å². The molecule has 0 aliphatic carbocycles. The molecule has 2 unspecified atom stereocenters. The highest BCUT2D eigenvalue weighted by Crippen LogP contribution is 2.43.